The number of hydrogen-bond donors (Lipinski definition) is 0. The summed E-state index contributed by atoms with van der Waals surface area (Å²) in [5, 5.41) is 6.52. The highest BCUT2D eigenvalue weighted by molar-refractivity contribution is 7.99. The number of ketones is 2. The van der Waals surface area contributed by atoms with Gasteiger partial charge in [-0.3, -0.25) is 9.59 Å². The topological polar surface area (TPSA) is 77.7 Å². The van der Waals surface area contributed by atoms with Crippen LogP contribution in [0.15, 0.2) is 95.0 Å². The molecule has 0 saturated carbocycles. The Hall–Kier alpha value is -4.20. The Bertz CT molecular complexity index is 1930. The van der Waals surface area contributed by atoms with Gasteiger partial charge in [0.25, 0.3) is 0 Å². The van der Waals surface area contributed by atoms with Gasteiger partial charge in [0.15, 0.2) is 5.78 Å². The summed E-state index contributed by atoms with van der Waals surface area (Å²) in [5.74, 6) is -0.236. The fraction of sp³-hybridized carbons (Fsp3) is 0.263. The van der Waals surface area contributed by atoms with Crippen LogP contribution in [0, 0.1) is 6.92 Å². The Kier molecular flexibility index (Phi) is 11.1. The lowest BCUT2D eigenvalue weighted by Gasteiger charge is -2.08. The number of benzene rings is 4. The first kappa shape index (κ1) is 33.2. The second-order valence-corrected chi connectivity index (χ2v) is 12.8. The molecule has 1 aromatic heterocycles. The highest BCUT2D eigenvalue weighted by Crippen LogP contribution is 2.32. The monoisotopic (exact) mass is 652 g/mol. The van der Waals surface area contributed by atoms with Crippen molar-refractivity contribution in [3.8, 4) is 0 Å². The molecule has 6 nitrogen and oxygen atoms in total. The van der Waals surface area contributed by atoms with Crippen molar-refractivity contribution in [1.82, 2.24) is 4.57 Å². The second-order valence-electron chi connectivity index (χ2n) is 11.2. The van der Waals surface area contributed by atoms with Crippen molar-refractivity contribution in [2.24, 2.45) is 5.16 Å². The number of aromatic nitrogens is 1. The molecule has 0 aliphatic carbocycles. The summed E-state index contributed by atoms with van der Waals surface area (Å²) >= 11 is 7.60. The van der Waals surface area contributed by atoms with E-state index in [4.69, 9.17) is 16.4 Å². The van der Waals surface area contributed by atoms with Crippen LogP contribution in [0.1, 0.15) is 77.8 Å². The van der Waals surface area contributed by atoms with Crippen LogP contribution in [0.3, 0.4) is 0 Å². The van der Waals surface area contributed by atoms with Crippen molar-refractivity contribution in [1.29, 1.82) is 0 Å². The first-order chi connectivity index (χ1) is 22.3. The molecule has 1 heterocycles. The first-order valence-corrected chi connectivity index (χ1v) is 17.0. The lowest BCUT2D eigenvalue weighted by atomic mass is 9.97. The van der Waals surface area contributed by atoms with E-state index in [1.807, 2.05) is 85.8 Å². The smallest absolute Gasteiger partial charge is 0.335 e. The molecule has 0 aliphatic heterocycles. The van der Waals surface area contributed by atoms with Crippen LogP contribution in [-0.2, 0) is 16.2 Å². The molecule has 0 unspecified atom stereocenters. The predicted octanol–water partition coefficient (Wildman–Crippen LogP) is 9.85. The molecule has 5 aromatic rings. The highest BCUT2D eigenvalue weighted by Gasteiger charge is 2.20. The number of Topliss-reactive ketones (excluding diaryl/α,β-unsaturated/α-hetero) is 1. The maximum absolute atomic E-state index is 13.9. The fourth-order valence-corrected chi connectivity index (χ4v) is 6.53. The summed E-state index contributed by atoms with van der Waals surface area (Å²) in [4.78, 5) is 46.1. The third kappa shape index (κ3) is 7.60. The zero-order chi connectivity index (χ0) is 32.6. The Labute approximate surface area is 278 Å². The zero-order valence-electron chi connectivity index (χ0n) is 26.3. The molecule has 236 valence electrons. The summed E-state index contributed by atoms with van der Waals surface area (Å²) < 4.78 is 2.18. The van der Waals surface area contributed by atoms with Crippen LogP contribution < -0.4 is 0 Å². The molecule has 46 heavy (non-hydrogen) atoms. The molecule has 0 atom stereocenters. The Morgan fingerprint density at radius 3 is 2.17 bits per heavy atom. The second kappa shape index (κ2) is 15.4. The van der Waals surface area contributed by atoms with E-state index in [1.54, 1.807) is 17.8 Å². The maximum Gasteiger partial charge on any atom is 0.335 e. The van der Waals surface area contributed by atoms with E-state index < -0.39 is 5.97 Å². The lowest BCUT2D eigenvalue weighted by molar-refractivity contribution is -0.143. The molecule has 0 amide bonds. The van der Waals surface area contributed by atoms with Gasteiger partial charge in [0.2, 0.25) is 5.78 Å². The van der Waals surface area contributed by atoms with Crippen LogP contribution >= 0.6 is 23.4 Å². The number of nitrogens with zero attached hydrogens (tertiary/aromatic N) is 2. The standard InChI is InChI=1S/C38H37ClN2O4S/c1-4-6-7-12-36(42)45-40-33(21-22-46-29-17-15-28(39)16-18-29)38(44)27-14-20-35-32(24-27)31-23-26(13-19-34(31)41(35)5-2)37(43)30-11-9-8-10-25(30)3/h8-11,13-20,23-24H,4-7,12,21-22H2,1-3H3. The fourth-order valence-electron chi connectivity index (χ4n) is 5.54. The number of carbonyl (C=O) groups excluding carboxylic acids is 3. The summed E-state index contributed by atoms with van der Waals surface area (Å²) in [6.07, 6.45) is 3.18. The SMILES string of the molecule is CCCCCC(=O)ON=C(CCSc1ccc(Cl)cc1)C(=O)c1ccc2c(c1)c1cc(C(=O)c3ccccc3C)ccc1n2CC. The van der Waals surface area contributed by atoms with Crippen LogP contribution in [0.25, 0.3) is 21.8 Å². The molecule has 0 N–H and O–H groups in total. The van der Waals surface area contributed by atoms with Crippen molar-refractivity contribution in [3.05, 3.63) is 112 Å². The third-order valence-electron chi connectivity index (χ3n) is 8.02. The molecule has 0 bridgehead atoms. The van der Waals surface area contributed by atoms with E-state index in [-0.39, 0.29) is 23.7 Å². The van der Waals surface area contributed by atoms with E-state index in [0.717, 1.165) is 51.7 Å². The van der Waals surface area contributed by atoms with Crippen LogP contribution in [0.5, 0.6) is 0 Å². The largest absolute Gasteiger partial charge is 0.341 e. The van der Waals surface area contributed by atoms with Crippen molar-refractivity contribution < 1.29 is 19.2 Å². The van der Waals surface area contributed by atoms with Crippen LogP contribution in [-0.4, -0.2) is 33.6 Å². The number of aryl methyl sites for hydroxylation is 2. The summed E-state index contributed by atoms with van der Waals surface area (Å²) in [7, 11) is 0. The summed E-state index contributed by atoms with van der Waals surface area (Å²) in [5.41, 5.74) is 4.74. The van der Waals surface area contributed by atoms with Gasteiger partial charge in [-0.05, 0) is 86.5 Å². The third-order valence-corrected chi connectivity index (χ3v) is 9.29. The lowest BCUT2D eigenvalue weighted by Crippen LogP contribution is -2.17. The van der Waals surface area contributed by atoms with Gasteiger partial charge in [-0.25, -0.2) is 4.79 Å². The molecular weight excluding hydrogens is 616 g/mol. The zero-order valence-corrected chi connectivity index (χ0v) is 27.9. The molecule has 8 heteroatoms. The van der Waals surface area contributed by atoms with Gasteiger partial charge < -0.3 is 9.40 Å². The minimum Gasteiger partial charge on any atom is -0.341 e. The Morgan fingerprint density at radius 1 is 0.826 bits per heavy atom. The molecular formula is C38H37ClN2O4S. The summed E-state index contributed by atoms with van der Waals surface area (Å²) in [6.45, 7) is 6.79. The van der Waals surface area contributed by atoms with Gasteiger partial charge >= 0.3 is 5.97 Å². The molecule has 5 rings (SSSR count). The molecule has 0 aliphatic rings. The number of rotatable bonds is 14. The molecule has 0 spiro atoms. The predicted molar refractivity (Wildman–Crippen MR) is 189 cm³/mol. The van der Waals surface area contributed by atoms with Crippen LogP contribution in [0.2, 0.25) is 5.02 Å². The Morgan fingerprint density at radius 2 is 1.50 bits per heavy atom. The van der Waals surface area contributed by atoms with Crippen molar-refractivity contribution >= 4 is 68.4 Å². The minimum atomic E-state index is -0.448. The number of unbranched alkanes of at least 4 members (excludes halogenated alkanes) is 2. The molecule has 0 saturated heterocycles. The van der Waals surface area contributed by atoms with E-state index >= 15 is 0 Å². The normalized spacial score (nSPS) is 11.7. The average Bonchev–Trinajstić information content (AvgIpc) is 3.39. The van der Waals surface area contributed by atoms with Crippen molar-refractivity contribution in [3.63, 3.8) is 0 Å². The number of fused-ring (bicyclic) bond motifs is 3. The Balaban J connectivity index is 1.48. The van der Waals surface area contributed by atoms with Gasteiger partial charge in [-0.15, -0.1) is 11.8 Å². The number of thioether (sulfide) groups is 1. The van der Waals surface area contributed by atoms with Crippen LogP contribution in [0.4, 0.5) is 0 Å². The first-order valence-electron chi connectivity index (χ1n) is 15.7. The molecule has 4 aromatic carbocycles. The van der Waals surface area contributed by atoms with E-state index in [1.165, 1.54) is 0 Å². The van der Waals surface area contributed by atoms with Gasteiger partial charge in [0, 0.05) is 73.6 Å². The minimum absolute atomic E-state index is 0.0435. The van der Waals surface area contributed by atoms with Crippen molar-refractivity contribution in [2.75, 3.05) is 5.75 Å². The van der Waals surface area contributed by atoms with Gasteiger partial charge in [0.1, 0.15) is 5.71 Å². The number of hydrogen-bond acceptors (Lipinski definition) is 6. The van der Waals surface area contributed by atoms with Gasteiger partial charge in [-0.1, -0.05) is 60.8 Å². The van der Waals surface area contributed by atoms with E-state index in [2.05, 4.69) is 23.6 Å². The number of oxime groups is 1. The quantitative estimate of drug-likeness (QED) is 0.0298. The number of halogens is 1. The number of carbonyl (C=O) groups is 3. The van der Waals surface area contributed by atoms with Gasteiger partial charge in [0.05, 0.1) is 0 Å². The molecule has 0 radical (unpaired) electrons. The highest BCUT2D eigenvalue weighted by atomic mass is 35.5. The van der Waals surface area contributed by atoms with Crippen molar-refractivity contribution in [2.45, 2.75) is 64.3 Å². The maximum atomic E-state index is 13.9. The van der Waals surface area contributed by atoms with E-state index in [9.17, 15) is 14.4 Å². The average molecular weight is 653 g/mol. The van der Waals surface area contributed by atoms with Gasteiger partial charge in [-0.2, -0.15) is 0 Å². The van der Waals surface area contributed by atoms with E-state index in [0.29, 0.717) is 40.3 Å². The summed E-state index contributed by atoms with van der Waals surface area (Å²) in [6, 6.07) is 26.4. The molecule has 0 fully saturated rings.